The van der Waals surface area contributed by atoms with Crippen LogP contribution in [-0.4, -0.2) is 53.5 Å². The first kappa shape index (κ1) is 21.6. The first-order valence-electron chi connectivity index (χ1n) is 10.6. The van der Waals surface area contributed by atoms with E-state index in [1.807, 2.05) is 0 Å². The van der Waals surface area contributed by atoms with Crippen molar-refractivity contribution in [2.75, 3.05) is 31.7 Å². The highest BCUT2D eigenvalue weighted by Crippen LogP contribution is 2.36. The molecule has 33 heavy (non-hydrogen) atoms. The number of anilines is 2. The topological polar surface area (TPSA) is 118 Å². The van der Waals surface area contributed by atoms with Gasteiger partial charge in [0.15, 0.2) is 5.75 Å². The summed E-state index contributed by atoms with van der Waals surface area (Å²) in [6, 6.07) is 8.27. The summed E-state index contributed by atoms with van der Waals surface area (Å²) >= 11 is 6.41. The molecular formula is C22H21ClN4O6. The highest BCUT2D eigenvalue weighted by atomic mass is 35.5. The van der Waals surface area contributed by atoms with Crippen LogP contribution in [0.4, 0.5) is 17.2 Å². The Morgan fingerprint density at radius 3 is 2.39 bits per heavy atom. The van der Waals surface area contributed by atoms with E-state index in [4.69, 9.17) is 30.5 Å². The standard InChI is InChI=1S/C22H21ClN4O6/c23-17-7-13(1-2-20(17)32-14-3-5-30-10-14)26-22-16-8-19(27(28)29)21(9-18(16)24-12-25-22)33-15-4-6-31-11-15/h1-2,7-9,12,14-15H,3-6,10-11H2,(H,24,25,26)/t14-,15-/m0/s1. The Bertz CT molecular complexity index is 1180. The molecule has 0 saturated carbocycles. The van der Waals surface area contributed by atoms with Gasteiger partial charge in [0.1, 0.15) is 30.1 Å². The average molecular weight is 473 g/mol. The van der Waals surface area contributed by atoms with Crippen molar-refractivity contribution in [1.29, 1.82) is 0 Å². The van der Waals surface area contributed by atoms with Crippen molar-refractivity contribution in [3.8, 4) is 11.5 Å². The van der Waals surface area contributed by atoms with Gasteiger partial charge in [0.05, 0.1) is 47.3 Å². The van der Waals surface area contributed by atoms with E-state index in [1.165, 1.54) is 12.4 Å². The van der Waals surface area contributed by atoms with Gasteiger partial charge in [0, 0.05) is 30.7 Å². The van der Waals surface area contributed by atoms with Gasteiger partial charge in [0.2, 0.25) is 0 Å². The Morgan fingerprint density at radius 1 is 1.03 bits per heavy atom. The molecule has 2 fully saturated rings. The number of hydrogen-bond acceptors (Lipinski definition) is 9. The van der Waals surface area contributed by atoms with E-state index >= 15 is 0 Å². The van der Waals surface area contributed by atoms with Crippen LogP contribution in [-0.2, 0) is 9.47 Å². The Labute approximate surface area is 193 Å². The van der Waals surface area contributed by atoms with Gasteiger partial charge >= 0.3 is 5.69 Å². The van der Waals surface area contributed by atoms with Crippen molar-refractivity contribution in [1.82, 2.24) is 9.97 Å². The number of nitrogens with zero attached hydrogens (tertiary/aromatic N) is 3. The van der Waals surface area contributed by atoms with Crippen molar-refractivity contribution in [2.45, 2.75) is 25.0 Å². The summed E-state index contributed by atoms with van der Waals surface area (Å²) in [5.74, 6) is 1.14. The van der Waals surface area contributed by atoms with Crippen LogP contribution >= 0.6 is 11.6 Å². The number of rotatable bonds is 7. The van der Waals surface area contributed by atoms with Crippen LogP contribution in [0, 0.1) is 10.1 Å². The fourth-order valence-electron chi connectivity index (χ4n) is 3.79. The minimum atomic E-state index is -0.475. The Kier molecular flexibility index (Phi) is 6.12. The fourth-order valence-corrected chi connectivity index (χ4v) is 4.02. The van der Waals surface area contributed by atoms with Crippen LogP contribution in [0.25, 0.3) is 10.9 Å². The second-order valence-electron chi connectivity index (χ2n) is 7.79. The van der Waals surface area contributed by atoms with Gasteiger partial charge in [-0.1, -0.05) is 11.6 Å². The van der Waals surface area contributed by atoms with Gasteiger partial charge in [-0.15, -0.1) is 0 Å². The van der Waals surface area contributed by atoms with Gasteiger partial charge in [-0.05, 0) is 18.2 Å². The smallest absolute Gasteiger partial charge is 0.311 e. The highest BCUT2D eigenvalue weighted by molar-refractivity contribution is 6.32. The summed E-state index contributed by atoms with van der Waals surface area (Å²) in [6.45, 7) is 2.20. The zero-order valence-corrected chi connectivity index (χ0v) is 18.3. The zero-order chi connectivity index (χ0) is 22.8. The molecular weight excluding hydrogens is 452 g/mol. The predicted molar refractivity (Wildman–Crippen MR) is 121 cm³/mol. The highest BCUT2D eigenvalue weighted by Gasteiger charge is 2.25. The van der Waals surface area contributed by atoms with E-state index in [-0.39, 0.29) is 23.6 Å². The molecule has 0 amide bonds. The van der Waals surface area contributed by atoms with E-state index in [9.17, 15) is 10.1 Å². The molecule has 2 aliphatic heterocycles. The number of nitrogens with one attached hydrogen (secondary N) is 1. The molecule has 11 heteroatoms. The van der Waals surface area contributed by atoms with Crippen molar-refractivity contribution >= 4 is 39.7 Å². The first-order chi connectivity index (χ1) is 16.1. The number of hydrogen-bond donors (Lipinski definition) is 1. The van der Waals surface area contributed by atoms with Crippen LogP contribution in [0.5, 0.6) is 11.5 Å². The Morgan fingerprint density at radius 2 is 1.76 bits per heavy atom. The van der Waals surface area contributed by atoms with Crippen LogP contribution < -0.4 is 14.8 Å². The molecule has 0 bridgehead atoms. The van der Waals surface area contributed by atoms with E-state index < -0.39 is 4.92 Å². The maximum atomic E-state index is 11.7. The van der Waals surface area contributed by atoms with Gasteiger partial charge < -0.3 is 24.3 Å². The molecule has 5 rings (SSSR count). The predicted octanol–water partition coefficient (Wildman–Crippen LogP) is 4.27. The van der Waals surface area contributed by atoms with Crippen LogP contribution in [0.1, 0.15) is 12.8 Å². The summed E-state index contributed by atoms with van der Waals surface area (Å²) in [5.41, 5.74) is 1.01. The largest absolute Gasteiger partial charge is 0.486 e. The van der Waals surface area contributed by atoms with Crippen LogP contribution in [0.15, 0.2) is 36.7 Å². The molecule has 2 atom stereocenters. The zero-order valence-electron chi connectivity index (χ0n) is 17.5. The molecule has 0 aliphatic carbocycles. The normalized spacial score (nSPS) is 20.2. The molecule has 1 aromatic heterocycles. The van der Waals surface area contributed by atoms with E-state index in [0.29, 0.717) is 66.0 Å². The SMILES string of the molecule is O=[N+]([O-])c1cc2c(Nc3ccc(O[C@H]4CCOC4)c(Cl)c3)ncnc2cc1O[C@H]1CCOC1. The number of ether oxygens (including phenoxy) is 4. The van der Waals surface area contributed by atoms with Crippen molar-refractivity contribution in [3.63, 3.8) is 0 Å². The Balaban J connectivity index is 1.42. The number of aromatic nitrogens is 2. The molecule has 2 aromatic carbocycles. The van der Waals surface area contributed by atoms with Gasteiger partial charge in [0.25, 0.3) is 0 Å². The third-order valence-electron chi connectivity index (χ3n) is 5.47. The number of benzene rings is 2. The molecule has 172 valence electrons. The molecule has 0 radical (unpaired) electrons. The summed E-state index contributed by atoms with van der Waals surface area (Å²) in [7, 11) is 0. The lowest BCUT2D eigenvalue weighted by Gasteiger charge is -2.15. The summed E-state index contributed by atoms with van der Waals surface area (Å²) < 4.78 is 22.3. The lowest BCUT2D eigenvalue weighted by Crippen LogP contribution is -2.16. The van der Waals surface area contributed by atoms with Crippen molar-refractivity contribution in [3.05, 3.63) is 51.8 Å². The van der Waals surface area contributed by atoms with Crippen molar-refractivity contribution in [2.24, 2.45) is 0 Å². The minimum absolute atomic E-state index is 0.0140. The second kappa shape index (κ2) is 9.34. The molecule has 2 aliphatic rings. The minimum Gasteiger partial charge on any atom is -0.486 e. The molecule has 3 aromatic rings. The lowest BCUT2D eigenvalue weighted by molar-refractivity contribution is -0.385. The van der Waals surface area contributed by atoms with Crippen LogP contribution in [0.2, 0.25) is 5.02 Å². The molecule has 3 heterocycles. The summed E-state index contributed by atoms with van der Waals surface area (Å²) in [6.07, 6.45) is 2.65. The molecule has 0 spiro atoms. The fraction of sp³-hybridized carbons (Fsp3) is 0.364. The second-order valence-corrected chi connectivity index (χ2v) is 8.20. The van der Waals surface area contributed by atoms with Gasteiger partial charge in [-0.2, -0.15) is 0 Å². The third kappa shape index (κ3) is 4.77. The number of nitro groups is 1. The number of nitro benzene ring substituents is 1. The first-order valence-corrected chi connectivity index (χ1v) is 10.9. The summed E-state index contributed by atoms with van der Waals surface area (Å²) in [5, 5.41) is 15.8. The Hall–Kier alpha value is -3.21. The molecule has 2 saturated heterocycles. The number of fused-ring (bicyclic) bond motifs is 1. The lowest BCUT2D eigenvalue weighted by atomic mass is 10.2. The molecule has 10 nitrogen and oxygen atoms in total. The summed E-state index contributed by atoms with van der Waals surface area (Å²) in [4.78, 5) is 19.8. The van der Waals surface area contributed by atoms with E-state index in [1.54, 1.807) is 24.3 Å². The quantitative estimate of drug-likeness (QED) is 0.397. The number of halogens is 1. The molecule has 0 unspecified atom stereocenters. The van der Waals surface area contributed by atoms with Crippen molar-refractivity contribution < 1.29 is 23.9 Å². The monoisotopic (exact) mass is 472 g/mol. The molecule has 1 N–H and O–H groups in total. The van der Waals surface area contributed by atoms with Gasteiger partial charge in [-0.3, -0.25) is 10.1 Å². The van der Waals surface area contributed by atoms with E-state index in [2.05, 4.69) is 15.3 Å². The van der Waals surface area contributed by atoms with E-state index in [0.717, 1.165) is 6.42 Å². The van der Waals surface area contributed by atoms with Crippen LogP contribution in [0.3, 0.4) is 0 Å². The maximum Gasteiger partial charge on any atom is 0.311 e. The van der Waals surface area contributed by atoms with Gasteiger partial charge in [-0.25, -0.2) is 9.97 Å². The third-order valence-corrected chi connectivity index (χ3v) is 5.77. The average Bonchev–Trinajstić information content (AvgIpc) is 3.50. The maximum absolute atomic E-state index is 11.7.